The molecule has 0 saturated heterocycles. The Morgan fingerprint density at radius 2 is 2.17 bits per heavy atom. The summed E-state index contributed by atoms with van der Waals surface area (Å²) in [5.74, 6) is -1.02. The molecule has 3 N–H and O–H groups in total. The van der Waals surface area contributed by atoms with Crippen LogP contribution < -0.4 is 11.1 Å². The van der Waals surface area contributed by atoms with E-state index in [1.165, 1.54) is 7.11 Å². The lowest BCUT2D eigenvalue weighted by Gasteiger charge is -2.14. The summed E-state index contributed by atoms with van der Waals surface area (Å²) in [5, 5.41) is 10.8. The van der Waals surface area contributed by atoms with E-state index in [9.17, 15) is 9.59 Å². The van der Waals surface area contributed by atoms with Crippen LogP contribution in [0.5, 0.6) is 0 Å². The zero-order valence-corrected chi connectivity index (χ0v) is 10.5. The SMILES string of the molecule is COCCOCC(=O)N[C@@H](CCCC#N)C(N)=O. The van der Waals surface area contributed by atoms with E-state index >= 15 is 0 Å². The molecular weight excluding hydrogens is 238 g/mol. The first-order valence-electron chi connectivity index (χ1n) is 5.64. The summed E-state index contributed by atoms with van der Waals surface area (Å²) >= 11 is 0. The van der Waals surface area contributed by atoms with Crippen molar-refractivity contribution in [2.24, 2.45) is 5.73 Å². The Bertz CT molecular complexity index is 301. The van der Waals surface area contributed by atoms with E-state index in [0.717, 1.165) is 0 Å². The van der Waals surface area contributed by atoms with Crippen molar-refractivity contribution in [2.75, 3.05) is 26.9 Å². The molecule has 0 saturated carbocycles. The first-order valence-corrected chi connectivity index (χ1v) is 5.64. The van der Waals surface area contributed by atoms with E-state index in [1.54, 1.807) is 0 Å². The Hall–Kier alpha value is -1.65. The molecule has 0 spiro atoms. The van der Waals surface area contributed by atoms with Crippen LogP contribution in [0.4, 0.5) is 0 Å². The first-order chi connectivity index (χ1) is 8.61. The molecule has 0 fully saturated rings. The second kappa shape index (κ2) is 10.5. The van der Waals surface area contributed by atoms with Gasteiger partial charge in [-0.05, 0) is 12.8 Å². The van der Waals surface area contributed by atoms with Crippen molar-refractivity contribution in [3.05, 3.63) is 0 Å². The van der Waals surface area contributed by atoms with Crippen molar-refractivity contribution in [3.63, 3.8) is 0 Å². The number of unbranched alkanes of at least 4 members (excludes halogenated alkanes) is 1. The highest BCUT2D eigenvalue weighted by molar-refractivity contribution is 5.86. The number of nitrogens with two attached hydrogens (primary N) is 1. The molecule has 0 aromatic rings. The van der Waals surface area contributed by atoms with Gasteiger partial charge in [0.2, 0.25) is 11.8 Å². The number of methoxy groups -OCH3 is 1. The molecule has 0 aromatic carbocycles. The van der Waals surface area contributed by atoms with Gasteiger partial charge in [0.05, 0.1) is 19.3 Å². The van der Waals surface area contributed by atoms with Gasteiger partial charge in [-0.3, -0.25) is 9.59 Å². The topological polar surface area (TPSA) is 114 Å². The minimum Gasteiger partial charge on any atom is -0.382 e. The maximum absolute atomic E-state index is 11.4. The Balaban J connectivity index is 3.89. The summed E-state index contributed by atoms with van der Waals surface area (Å²) in [6, 6.07) is 1.21. The van der Waals surface area contributed by atoms with Crippen molar-refractivity contribution >= 4 is 11.8 Å². The van der Waals surface area contributed by atoms with E-state index in [-0.39, 0.29) is 6.61 Å². The molecule has 0 rings (SSSR count). The average molecular weight is 257 g/mol. The standard InChI is InChI=1S/C11H19N3O4/c1-17-6-7-18-8-10(15)14-9(11(13)16)4-2-3-5-12/h9H,2-4,6-8H2,1H3,(H2,13,16)(H,14,15)/t9-/m0/s1. The van der Waals surface area contributed by atoms with Crippen molar-refractivity contribution in [3.8, 4) is 6.07 Å². The first kappa shape index (κ1) is 16.4. The summed E-state index contributed by atoms with van der Waals surface area (Å²) in [7, 11) is 1.53. The highest BCUT2D eigenvalue weighted by Gasteiger charge is 2.17. The lowest BCUT2D eigenvalue weighted by molar-refractivity contribution is -0.130. The van der Waals surface area contributed by atoms with Crippen molar-refractivity contribution < 1.29 is 19.1 Å². The molecule has 0 bridgehead atoms. The number of nitrogens with one attached hydrogen (secondary N) is 1. The van der Waals surface area contributed by atoms with Crippen LogP contribution >= 0.6 is 0 Å². The van der Waals surface area contributed by atoms with Crippen LogP contribution in [0.25, 0.3) is 0 Å². The van der Waals surface area contributed by atoms with Crippen LogP contribution in [-0.4, -0.2) is 44.8 Å². The van der Waals surface area contributed by atoms with E-state index in [1.807, 2.05) is 6.07 Å². The zero-order chi connectivity index (χ0) is 13.8. The lowest BCUT2D eigenvalue weighted by atomic mass is 10.1. The number of primary amides is 1. The Morgan fingerprint density at radius 3 is 2.72 bits per heavy atom. The minimum atomic E-state index is -0.753. The smallest absolute Gasteiger partial charge is 0.246 e. The molecule has 2 amide bonds. The predicted molar refractivity (Wildman–Crippen MR) is 63.3 cm³/mol. The molecular formula is C11H19N3O4. The van der Waals surface area contributed by atoms with Gasteiger partial charge in [-0.15, -0.1) is 0 Å². The molecule has 7 heteroatoms. The fraction of sp³-hybridized carbons (Fsp3) is 0.727. The van der Waals surface area contributed by atoms with E-state index < -0.39 is 17.9 Å². The number of amides is 2. The summed E-state index contributed by atoms with van der Waals surface area (Å²) in [5.41, 5.74) is 5.15. The van der Waals surface area contributed by atoms with Crippen LogP contribution in [0.15, 0.2) is 0 Å². The Morgan fingerprint density at radius 1 is 1.44 bits per heavy atom. The van der Waals surface area contributed by atoms with Crippen molar-refractivity contribution in [1.82, 2.24) is 5.32 Å². The third-order valence-electron chi connectivity index (χ3n) is 2.12. The van der Waals surface area contributed by atoms with Gasteiger partial charge in [0.25, 0.3) is 0 Å². The Kier molecular flexibility index (Phi) is 9.54. The molecule has 0 heterocycles. The molecule has 0 radical (unpaired) electrons. The third kappa shape index (κ3) is 8.50. The van der Waals surface area contributed by atoms with E-state index in [0.29, 0.717) is 32.5 Å². The fourth-order valence-corrected chi connectivity index (χ4v) is 1.21. The minimum absolute atomic E-state index is 0.147. The summed E-state index contributed by atoms with van der Waals surface area (Å²) < 4.78 is 9.75. The number of carbonyl (C=O) groups is 2. The highest BCUT2D eigenvalue weighted by Crippen LogP contribution is 2.00. The second-order valence-electron chi connectivity index (χ2n) is 3.62. The molecule has 7 nitrogen and oxygen atoms in total. The number of ether oxygens (including phenoxy) is 2. The molecule has 0 aliphatic carbocycles. The van der Waals surface area contributed by atoms with Crippen LogP contribution in [0.3, 0.4) is 0 Å². The molecule has 1 atom stereocenters. The van der Waals surface area contributed by atoms with Crippen molar-refractivity contribution in [1.29, 1.82) is 5.26 Å². The van der Waals surface area contributed by atoms with Gasteiger partial charge >= 0.3 is 0 Å². The number of nitriles is 1. The maximum Gasteiger partial charge on any atom is 0.246 e. The molecule has 0 aromatic heterocycles. The molecule has 0 aliphatic rings. The maximum atomic E-state index is 11.4. The number of carbonyl (C=O) groups excluding carboxylic acids is 2. The Labute approximate surface area is 106 Å². The van der Waals surface area contributed by atoms with Gasteiger partial charge in [0.15, 0.2) is 0 Å². The van der Waals surface area contributed by atoms with Crippen LogP contribution in [-0.2, 0) is 19.1 Å². The number of hydrogen-bond donors (Lipinski definition) is 2. The third-order valence-corrected chi connectivity index (χ3v) is 2.12. The number of hydrogen-bond acceptors (Lipinski definition) is 5. The van der Waals surface area contributed by atoms with Gasteiger partial charge in [-0.2, -0.15) is 5.26 Å². The molecule has 18 heavy (non-hydrogen) atoms. The van der Waals surface area contributed by atoms with Crippen LogP contribution in [0, 0.1) is 11.3 Å². The zero-order valence-electron chi connectivity index (χ0n) is 10.5. The molecule has 0 aliphatic heterocycles. The largest absolute Gasteiger partial charge is 0.382 e. The monoisotopic (exact) mass is 257 g/mol. The van der Waals surface area contributed by atoms with E-state index in [4.69, 9.17) is 20.5 Å². The quantitative estimate of drug-likeness (QED) is 0.503. The summed E-state index contributed by atoms with van der Waals surface area (Å²) in [4.78, 5) is 22.5. The number of rotatable bonds is 10. The van der Waals surface area contributed by atoms with Gasteiger partial charge in [-0.25, -0.2) is 0 Å². The van der Waals surface area contributed by atoms with Gasteiger partial charge in [0.1, 0.15) is 12.6 Å². The lowest BCUT2D eigenvalue weighted by Crippen LogP contribution is -2.45. The van der Waals surface area contributed by atoms with Crippen LogP contribution in [0.2, 0.25) is 0 Å². The fourth-order valence-electron chi connectivity index (χ4n) is 1.21. The van der Waals surface area contributed by atoms with Gasteiger partial charge < -0.3 is 20.5 Å². The van der Waals surface area contributed by atoms with E-state index in [2.05, 4.69) is 5.32 Å². The number of nitrogens with zero attached hydrogens (tertiary/aromatic N) is 1. The predicted octanol–water partition coefficient (Wildman–Crippen LogP) is -0.687. The molecule has 0 unspecified atom stereocenters. The van der Waals surface area contributed by atoms with Crippen LogP contribution in [0.1, 0.15) is 19.3 Å². The normalized spacial score (nSPS) is 11.6. The second-order valence-corrected chi connectivity index (χ2v) is 3.62. The van der Waals surface area contributed by atoms with Gasteiger partial charge in [0, 0.05) is 13.5 Å². The summed E-state index contributed by atoms with van der Waals surface area (Å²) in [6.07, 6.45) is 1.19. The average Bonchev–Trinajstić information content (AvgIpc) is 2.33. The summed E-state index contributed by atoms with van der Waals surface area (Å²) in [6.45, 7) is 0.555. The highest BCUT2D eigenvalue weighted by atomic mass is 16.5. The van der Waals surface area contributed by atoms with Crippen molar-refractivity contribution in [2.45, 2.75) is 25.3 Å². The van der Waals surface area contributed by atoms with Gasteiger partial charge in [-0.1, -0.05) is 0 Å². The molecule has 102 valence electrons.